The number of anilines is 2. The van der Waals surface area contributed by atoms with Crippen molar-refractivity contribution in [3.05, 3.63) is 4.88 Å². The SMILES string of the molecule is COC1CN(c2sc(C#N)c(N)c2S(C)(=O)=O)CC1OC. The van der Waals surface area contributed by atoms with Crippen LogP contribution in [0.5, 0.6) is 0 Å². The van der Waals surface area contributed by atoms with E-state index in [1.165, 1.54) is 0 Å². The Bertz CT molecular complexity index is 665. The Morgan fingerprint density at radius 1 is 1.33 bits per heavy atom. The second-order valence-corrected chi connectivity index (χ2v) is 7.77. The van der Waals surface area contributed by atoms with Gasteiger partial charge in [-0.2, -0.15) is 5.26 Å². The first-order chi connectivity index (χ1) is 9.83. The van der Waals surface area contributed by atoms with E-state index >= 15 is 0 Å². The van der Waals surface area contributed by atoms with Crippen LogP contribution in [0.25, 0.3) is 0 Å². The minimum atomic E-state index is -3.53. The summed E-state index contributed by atoms with van der Waals surface area (Å²) in [7, 11) is -0.359. The summed E-state index contributed by atoms with van der Waals surface area (Å²) in [6.45, 7) is 0.977. The van der Waals surface area contributed by atoms with Crippen LogP contribution in [0.4, 0.5) is 10.7 Å². The lowest BCUT2D eigenvalue weighted by Gasteiger charge is -2.17. The van der Waals surface area contributed by atoms with Gasteiger partial charge in [-0.25, -0.2) is 8.42 Å². The van der Waals surface area contributed by atoms with Crippen molar-refractivity contribution in [2.75, 3.05) is 44.2 Å². The number of hydrogen-bond acceptors (Lipinski definition) is 8. The van der Waals surface area contributed by atoms with Gasteiger partial charge in [0.2, 0.25) is 0 Å². The molecule has 2 unspecified atom stereocenters. The van der Waals surface area contributed by atoms with Gasteiger partial charge in [-0.3, -0.25) is 0 Å². The van der Waals surface area contributed by atoms with Crippen LogP contribution in [-0.4, -0.2) is 54.2 Å². The van der Waals surface area contributed by atoms with Gasteiger partial charge in [0.25, 0.3) is 0 Å². The molecular formula is C12H17N3O4S2. The average molecular weight is 331 g/mol. The molecule has 0 radical (unpaired) electrons. The van der Waals surface area contributed by atoms with Crippen molar-refractivity contribution in [2.45, 2.75) is 17.1 Å². The lowest BCUT2D eigenvalue weighted by molar-refractivity contribution is -0.00461. The van der Waals surface area contributed by atoms with Crippen LogP contribution in [0.3, 0.4) is 0 Å². The summed E-state index contributed by atoms with van der Waals surface area (Å²) >= 11 is 1.08. The highest BCUT2D eigenvalue weighted by molar-refractivity contribution is 7.91. The standard InChI is InChI=1S/C12H17N3O4S2/c1-18-7-5-15(6-8(7)19-2)12-11(21(3,16)17)10(14)9(4-13)20-12/h7-8H,5-6,14H2,1-3H3. The average Bonchev–Trinajstić information content (AvgIpc) is 2.97. The van der Waals surface area contributed by atoms with Gasteiger partial charge < -0.3 is 20.1 Å². The molecule has 2 heterocycles. The van der Waals surface area contributed by atoms with Crippen molar-refractivity contribution >= 4 is 31.9 Å². The normalized spacial score (nSPS) is 22.5. The smallest absolute Gasteiger partial charge is 0.180 e. The van der Waals surface area contributed by atoms with E-state index < -0.39 is 9.84 Å². The van der Waals surface area contributed by atoms with Gasteiger partial charge in [-0.05, 0) is 0 Å². The Balaban J connectivity index is 2.49. The van der Waals surface area contributed by atoms with Crippen LogP contribution in [0, 0.1) is 11.3 Å². The Hall–Kier alpha value is -1.34. The number of hydrogen-bond donors (Lipinski definition) is 1. The molecule has 1 aliphatic heterocycles. The molecule has 1 fully saturated rings. The lowest BCUT2D eigenvalue weighted by atomic mass is 10.3. The quantitative estimate of drug-likeness (QED) is 0.854. The van der Waals surface area contributed by atoms with E-state index in [0.717, 1.165) is 17.6 Å². The molecule has 0 bridgehead atoms. The summed E-state index contributed by atoms with van der Waals surface area (Å²) in [6.07, 6.45) is 0.779. The fourth-order valence-electron chi connectivity index (χ4n) is 2.43. The highest BCUT2D eigenvalue weighted by Gasteiger charge is 2.37. The van der Waals surface area contributed by atoms with Crippen molar-refractivity contribution in [2.24, 2.45) is 0 Å². The summed E-state index contributed by atoms with van der Waals surface area (Å²) in [5.74, 6) is 0. The van der Waals surface area contributed by atoms with Gasteiger partial charge in [0.1, 0.15) is 33.1 Å². The zero-order valence-electron chi connectivity index (χ0n) is 12.0. The van der Waals surface area contributed by atoms with Crippen molar-refractivity contribution < 1.29 is 17.9 Å². The molecule has 1 saturated heterocycles. The van der Waals surface area contributed by atoms with E-state index in [9.17, 15) is 8.42 Å². The largest absolute Gasteiger partial charge is 0.396 e. The van der Waals surface area contributed by atoms with Crippen LogP contribution in [-0.2, 0) is 19.3 Å². The van der Waals surface area contributed by atoms with E-state index in [1.807, 2.05) is 11.0 Å². The molecule has 9 heteroatoms. The molecule has 2 N–H and O–H groups in total. The van der Waals surface area contributed by atoms with E-state index in [-0.39, 0.29) is 27.7 Å². The minimum Gasteiger partial charge on any atom is -0.396 e. The topological polar surface area (TPSA) is 106 Å². The van der Waals surface area contributed by atoms with Crippen molar-refractivity contribution in [3.8, 4) is 6.07 Å². The first-order valence-electron chi connectivity index (χ1n) is 6.16. The molecule has 1 aromatic rings. The number of thiophene rings is 1. The number of ether oxygens (including phenoxy) is 2. The maximum absolute atomic E-state index is 12.0. The first-order valence-corrected chi connectivity index (χ1v) is 8.87. The van der Waals surface area contributed by atoms with Crippen molar-refractivity contribution in [3.63, 3.8) is 0 Å². The maximum Gasteiger partial charge on any atom is 0.180 e. The second kappa shape index (κ2) is 5.81. The van der Waals surface area contributed by atoms with E-state index in [0.29, 0.717) is 18.1 Å². The molecule has 0 saturated carbocycles. The van der Waals surface area contributed by atoms with E-state index in [2.05, 4.69) is 0 Å². The molecule has 0 spiro atoms. The fraction of sp³-hybridized carbons (Fsp3) is 0.583. The predicted octanol–water partition coefficient (Wildman–Crippen LogP) is 0.455. The molecule has 2 rings (SSSR count). The molecular weight excluding hydrogens is 314 g/mol. The molecule has 0 aliphatic carbocycles. The predicted molar refractivity (Wildman–Crippen MR) is 80.4 cm³/mol. The van der Waals surface area contributed by atoms with Crippen LogP contribution in [0.2, 0.25) is 0 Å². The summed E-state index contributed by atoms with van der Waals surface area (Å²) in [5.41, 5.74) is 5.85. The number of methoxy groups -OCH3 is 2. The molecule has 116 valence electrons. The van der Waals surface area contributed by atoms with Gasteiger partial charge in [-0.15, -0.1) is 11.3 Å². The Morgan fingerprint density at radius 2 is 1.86 bits per heavy atom. The maximum atomic E-state index is 12.0. The van der Waals surface area contributed by atoms with Crippen LogP contribution < -0.4 is 10.6 Å². The molecule has 2 atom stereocenters. The molecule has 0 aromatic carbocycles. The molecule has 21 heavy (non-hydrogen) atoms. The molecule has 1 aliphatic rings. The van der Waals surface area contributed by atoms with Gasteiger partial charge in [0.05, 0.1) is 5.69 Å². The van der Waals surface area contributed by atoms with Gasteiger partial charge in [0, 0.05) is 33.6 Å². The molecule has 0 amide bonds. The third kappa shape index (κ3) is 2.85. The number of nitrogens with zero attached hydrogens (tertiary/aromatic N) is 2. The third-order valence-corrected chi connectivity index (χ3v) is 5.92. The third-order valence-electron chi connectivity index (χ3n) is 3.46. The highest BCUT2D eigenvalue weighted by atomic mass is 32.2. The number of rotatable bonds is 4. The first kappa shape index (κ1) is 16.0. The lowest BCUT2D eigenvalue weighted by Crippen LogP contribution is -2.27. The Morgan fingerprint density at radius 3 is 2.24 bits per heavy atom. The second-order valence-electron chi connectivity index (χ2n) is 4.82. The summed E-state index contributed by atoms with van der Waals surface area (Å²) in [6, 6.07) is 1.94. The van der Waals surface area contributed by atoms with Gasteiger partial charge in [-0.1, -0.05) is 0 Å². The van der Waals surface area contributed by atoms with Crippen LogP contribution in [0.15, 0.2) is 4.90 Å². The summed E-state index contributed by atoms with van der Waals surface area (Å²) < 4.78 is 34.7. The number of sulfone groups is 1. The number of nitrogens with two attached hydrogens (primary N) is 1. The minimum absolute atomic E-state index is 0.0230. The molecule has 7 nitrogen and oxygen atoms in total. The van der Waals surface area contributed by atoms with Crippen LogP contribution >= 0.6 is 11.3 Å². The fourth-order valence-corrected chi connectivity index (χ4v) is 4.95. The monoisotopic (exact) mass is 331 g/mol. The van der Waals surface area contributed by atoms with E-state index in [4.69, 9.17) is 20.5 Å². The van der Waals surface area contributed by atoms with Crippen molar-refractivity contribution in [1.82, 2.24) is 0 Å². The summed E-state index contributed by atoms with van der Waals surface area (Å²) in [4.78, 5) is 2.08. The summed E-state index contributed by atoms with van der Waals surface area (Å²) in [5, 5.41) is 9.56. The Kier molecular flexibility index (Phi) is 4.43. The van der Waals surface area contributed by atoms with Gasteiger partial charge in [0.15, 0.2) is 9.84 Å². The number of nitriles is 1. The zero-order valence-corrected chi connectivity index (χ0v) is 13.6. The van der Waals surface area contributed by atoms with Crippen LogP contribution in [0.1, 0.15) is 4.88 Å². The van der Waals surface area contributed by atoms with E-state index in [1.54, 1.807) is 14.2 Å². The highest BCUT2D eigenvalue weighted by Crippen LogP contribution is 2.42. The molecule has 1 aromatic heterocycles. The number of nitrogen functional groups attached to an aromatic ring is 1. The zero-order chi connectivity index (χ0) is 15.8. The van der Waals surface area contributed by atoms with Gasteiger partial charge >= 0.3 is 0 Å². The Labute approximate surface area is 127 Å². The van der Waals surface area contributed by atoms with Crippen molar-refractivity contribution in [1.29, 1.82) is 5.26 Å².